The van der Waals surface area contributed by atoms with Gasteiger partial charge in [0.05, 0.1) is 5.52 Å². The minimum absolute atomic E-state index is 0.558. The molecule has 5 rings (SSSR count). The summed E-state index contributed by atoms with van der Waals surface area (Å²) < 4.78 is 2.32. The highest BCUT2D eigenvalue weighted by atomic mass is 16.4. The van der Waals surface area contributed by atoms with E-state index in [0.717, 1.165) is 32.7 Å². The number of piperazine rings is 1. The first-order chi connectivity index (χ1) is 17.5. The fraction of sp³-hybridized carbons (Fsp3) is 0.172. The molecular weight excluding hydrogens is 454 g/mol. The van der Waals surface area contributed by atoms with Gasteiger partial charge < -0.3 is 19.7 Å². The molecule has 0 radical (unpaired) electrons. The molecule has 0 amide bonds. The van der Waals surface area contributed by atoms with E-state index in [1.54, 1.807) is 0 Å². The monoisotopic (exact) mass is 483 g/mol. The van der Waals surface area contributed by atoms with Crippen LogP contribution in [0.1, 0.15) is 5.56 Å². The summed E-state index contributed by atoms with van der Waals surface area (Å²) in [6.07, 6.45) is 3.44. The van der Waals surface area contributed by atoms with Crippen LogP contribution in [-0.2, 0) is 16.1 Å². The molecule has 2 N–H and O–H groups in total. The van der Waals surface area contributed by atoms with Crippen molar-refractivity contribution in [1.82, 2.24) is 9.47 Å². The molecule has 184 valence electrons. The Morgan fingerprint density at radius 1 is 0.694 bits per heavy atom. The van der Waals surface area contributed by atoms with Gasteiger partial charge in [0.1, 0.15) is 0 Å². The van der Waals surface area contributed by atoms with Crippen LogP contribution in [0.15, 0.2) is 103 Å². The lowest BCUT2D eigenvalue weighted by molar-refractivity contribution is -0.134. The number of rotatable bonds is 6. The maximum Gasteiger partial charge on any atom is 0.328 e. The molecular formula is C29H29N3O4. The van der Waals surface area contributed by atoms with E-state index < -0.39 is 11.9 Å². The van der Waals surface area contributed by atoms with E-state index in [4.69, 9.17) is 10.2 Å². The van der Waals surface area contributed by atoms with Gasteiger partial charge in [-0.2, -0.15) is 0 Å². The van der Waals surface area contributed by atoms with E-state index in [2.05, 4.69) is 105 Å². The third-order valence-corrected chi connectivity index (χ3v) is 6.08. The van der Waals surface area contributed by atoms with E-state index in [-0.39, 0.29) is 0 Å². The number of hydrogen-bond donors (Lipinski definition) is 2. The number of aromatic nitrogens is 1. The van der Waals surface area contributed by atoms with Crippen molar-refractivity contribution in [3.05, 3.63) is 109 Å². The number of carboxylic acids is 2. The average molecular weight is 484 g/mol. The Bertz CT molecular complexity index is 1310. The van der Waals surface area contributed by atoms with Gasteiger partial charge in [-0.3, -0.25) is 4.90 Å². The highest BCUT2D eigenvalue weighted by Gasteiger charge is 2.19. The first-order valence-electron chi connectivity index (χ1n) is 11.8. The zero-order chi connectivity index (χ0) is 25.3. The standard InChI is InChI=1S/C25H25N3.C4H4O4/c1-3-9-22(10-4-1)27-17-15-26(16-18-27)19-21-20-28(23-11-5-2-6-12-23)25-14-8-7-13-24(21)25;5-3(6)1-2-4(7)8/h1-14,20H,15-19H2;1-2H,(H,5,6)(H,7,8)/b;2-1+. The molecule has 7 nitrogen and oxygen atoms in total. The van der Waals surface area contributed by atoms with Crippen LogP contribution < -0.4 is 4.90 Å². The largest absolute Gasteiger partial charge is 0.478 e. The molecule has 3 aromatic carbocycles. The topological polar surface area (TPSA) is 86.0 Å². The number of benzene rings is 3. The third kappa shape index (κ3) is 6.40. The fourth-order valence-electron chi connectivity index (χ4n) is 4.36. The number of aliphatic carboxylic acids is 2. The maximum absolute atomic E-state index is 9.55. The van der Waals surface area contributed by atoms with E-state index in [1.165, 1.54) is 27.8 Å². The Morgan fingerprint density at radius 3 is 1.81 bits per heavy atom. The first kappa shape index (κ1) is 24.8. The fourth-order valence-corrected chi connectivity index (χ4v) is 4.36. The normalized spacial score (nSPS) is 13.9. The summed E-state index contributed by atoms with van der Waals surface area (Å²) in [6, 6.07) is 30.1. The number of carbonyl (C=O) groups is 2. The SMILES string of the molecule is O=C(O)/C=C/C(=O)O.c1ccc(N2CCN(Cc3cn(-c4ccccc4)c4ccccc34)CC2)cc1. The van der Waals surface area contributed by atoms with Crippen LogP contribution in [0.3, 0.4) is 0 Å². The highest BCUT2D eigenvalue weighted by molar-refractivity contribution is 5.89. The summed E-state index contributed by atoms with van der Waals surface area (Å²) in [6.45, 7) is 5.37. The van der Waals surface area contributed by atoms with Gasteiger partial charge in [-0.05, 0) is 35.9 Å². The summed E-state index contributed by atoms with van der Waals surface area (Å²) in [4.78, 5) is 24.2. The van der Waals surface area contributed by atoms with Crippen LogP contribution in [-0.4, -0.2) is 57.8 Å². The Morgan fingerprint density at radius 2 is 1.22 bits per heavy atom. The van der Waals surface area contributed by atoms with Gasteiger partial charge in [0.2, 0.25) is 0 Å². The van der Waals surface area contributed by atoms with Gasteiger partial charge in [-0.1, -0.05) is 54.6 Å². The molecule has 1 aromatic heterocycles. The van der Waals surface area contributed by atoms with Crippen LogP contribution >= 0.6 is 0 Å². The number of nitrogens with zero attached hydrogens (tertiary/aromatic N) is 3. The minimum atomic E-state index is -1.26. The van der Waals surface area contributed by atoms with Crippen molar-refractivity contribution in [2.24, 2.45) is 0 Å². The average Bonchev–Trinajstić information content (AvgIpc) is 3.28. The molecule has 36 heavy (non-hydrogen) atoms. The van der Waals surface area contributed by atoms with Crippen LogP contribution in [0.4, 0.5) is 5.69 Å². The summed E-state index contributed by atoms with van der Waals surface area (Å²) >= 11 is 0. The third-order valence-electron chi connectivity index (χ3n) is 6.08. The minimum Gasteiger partial charge on any atom is -0.478 e. The molecule has 1 fully saturated rings. The lowest BCUT2D eigenvalue weighted by Gasteiger charge is -2.36. The number of anilines is 1. The predicted octanol–water partition coefficient (Wildman–Crippen LogP) is 4.66. The number of para-hydroxylation sites is 3. The summed E-state index contributed by atoms with van der Waals surface area (Å²) in [5, 5.41) is 17.0. The molecule has 2 heterocycles. The Hall–Kier alpha value is -4.36. The zero-order valence-corrected chi connectivity index (χ0v) is 19.9. The van der Waals surface area contributed by atoms with Crippen molar-refractivity contribution < 1.29 is 19.8 Å². The molecule has 0 saturated carbocycles. The van der Waals surface area contributed by atoms with Crippen LogP contribution in [0.25, 0.3) is 16.6 Å². The molecule has 1 aliphatic rings. The molecule has 0 unspecified atom stereocenters. The van der Waals surface area contributed by atoms with Gasteiger partial charge in [-0.25, -0.2) is 9.59 Å². The molecule has 4 aromatic rings. The van der Waals surface area contributed by atoms with Gasteiger partial charge in [0.25, 0.3) is 0 Å². The predicted molar refractivity (Wildman–Crippen MR) is 142 cm³/mol. The summed E-state index contributed by atoms with van der Waals surface area (Å²) in [5.41, 5.74) is 5.25. The molecule has 7 heteroatoms. The van der Waals surface area contributed by atoms with E-state index in [1.807, 2.05) is 0 Å². The molecule has 1 saturated heterocycles. The van der Waals surface area contributed by atoms with Crippen molar-refractivity contribution in [3.8, 4) is 5.69 Å². The van der Waals surface area contributed by atoms with Crippen molar-refractivity contribution >= 4 is 28.5 Å². The van der Waals surface area contributed by atoms with Gasteiger partial charge in [0, 0.05) is 67.8 Å². The molecule has 0 bridgehead atoms. The summed E-state index contributed by atoms with van der Waals surface area (Å²) in [7, 11) is 0. The smallest absolute Gasteiger partial charge is 0.328 e. The van der Waals surface area contributed by atoms with Gasteiger partial charge >= 0.3 is 11.9 Å². The van der Waals surface area contributed by atoms with Gasteiger partial charge in [0.15, 0.2) is 0 Å². The van der Waals surface area contributed by atoms with Gasteiger partial charge in [-0.15, -0.1) is 0 Å². The van der Waals surface area contributed by atoms with Crippen molar-refractivity contribution in [3.63, 3.8) is 0 Å². The van der Waals surface area contributed by atoms with Crippen molar-refractivity contribution in [2.45, 2.75) is 6.54 Å². The number of fused-ring (bicyclic) bond motifs is 1. The van der Waals surface area contributed by atoms with E-state index in [0.29, 0.717) is 12.2 Å². The quantitative estimate of drug-likeness (QED) is 0.388. The van der Waals surface area contributed by atoms with Crippen LogP contribution in [0, 0.1) is 0 Å². The lowest BCUT2D eigenvalue weighted by Crippen LogP contribution is -2.45. The Kier molecular flexibility index (Phi) is 8.16. The second-order valence-electron chi connectivity index (χ2n) is 8.49. The molecule has 0 atom stereocenters. The summed E-state index contributed by atoms with van der Waals surface area (Å²) in [5.74, 6) is -2.51. The second kappa shape index (κ2) is 11.9. The van der Waals surface area contributed by atoms with Crippen molar-refractivity contribution in [1.29, 1.82) is 0 Å². The highest BCUT2D eigenvalue weighted by Crippen LogP contribution is 2.26. The van der Waals surface area contributed by atoms with Crippen LogP contribution in [0.5, 0.6) is 0 Å². The zero-order valence-electron chi connectivity index (χ0n) is 19.9. The number of hydrogen-bond acceptors (Lipinski definition) is 4. The van der Waals surface area contributed by atoms with E-state index >= 15 is 0 Å². The second-order valence-corrected chi connectivity index (χ2v) is 8.49. The van der Waals surface area contributed by atoms with Crippen molar-refractivity contribution in [2.75, 3.05) is 31.1 Å². The Balaban J connectivity index is 0.000000331. The first-order valence-corrected chi connectivity index (χ1v) is 11.8. The molecule has 1 aliphatic heterocycles. The Labute approximate surface area is 210 Å². The molecule has 0 spiro atoms. The number of carboxylic acid groups (broad SMARTS) is 2. The molecule has 0 aliphatic carbocycles. The maximum atomic E-state index is 9.55. The van der Waals surface area contributed by atoms with Crippen LogP contribution in [0.2, 0.25) is 0 Å². The lowest BCUT2D eigenvalue weighted by atomic mass is 10.1. The van der Waals surface area contributed by atoms with E-state index in [9.17, 15) is 9.59 Å².